The third kappa shape index (κ3) is 3.59. The van der Waals surface area contributed by atoms with E-state index in [-0.39, 0.29) is 5.82 Å². The van der Waals surface area contributed by atoms with Crippen LogP contribution in [0.4, 0.5) is 5.82 Å². The van der Waals surface area contributed by atoms with Crippen LogP contribution in [-0.2, 0) is 4.74 Å². The molecule has 1 aromatic heterocycles. The number of aromatic nitrogens is 2. The zero-order valence-electron chi connectivity index (χ0n) is 12.0. The average molecular weight is 298 g/mol. The van der Waals surface area contributed by atoms with Gasteiger partial charge in [0.2, 0.25) is 0 Å². The maximum atomic E-state index is 11.8. The topological polar surface area (TPSA) is 123 Å². The van der Waals surface area contributed by atoms with E-state index in [0.717, 1.165) is 24.0 Å². The van der Waals surface area contributed by atoms with E-state index in [4.69, 9.17) is 10.5 Å². The second-order valence-corrected chi connectivity index (χ2v) is 5.15. The number of nitrogens with two attached hydrogens (primary N) is 1. The van der Waals surface area contributed by atoms with Crippen LogP contribution in [0.2, 0.25) is 0 Å². The van der Waals surface area contributed by atoms with Crippen LogP contribution in [0.3, 0.4) is 0 Å². The van der Waals surface area contributed by atoms with Crippen LogP contribution >= 0.6 is 0 Å². The van der Waals surface area contributed by atoms with Gasteiger partial charge in [0.1, 0.15) is 24.1 Å². The lowest BCUT2D eigenvalue weighted by atomic mass is 10.1. The largest absolute Gasteiger partial charge is 0.387 e. The van der Waals surface area contributed by atoms with Crippen molar-refractivity contribution in [2.24, 2.45) is 0 Å². The molecule has 1 aliphatic heterocycles. The molecule has 0 unspecified atom stereocenters. The highest BCUT2D eigenvalue weighted by Gasteiger charge is 2.43. The zero-order valence-corrected chi connectivity index (χ0v) is 12.0. The summed E-state index contributed by atoms with van der Waals surface area (Å²) in [5, 5.41) is 23.2. The van der Waals surface area contributed by atoms with Gasteiger partial charge in [-0.25, -0.2) is 4.79 Å². The van der Waals surface area contributed by atoms with E-state index in [1.54, 1.807) is 0 Å². The van der Waals surface area contributed by atoms with Crippen LogP contribution in [0.15, 0.2) is 17.1 Å². The Kier molecular flexibility index (Phi) is 5.29. The number of rotatable bonds is 6. The molecule has 1 aliphatic rings. The van der Waals surface area contributed by atoms with Gasteiger partial charge in [-0.1, -0.05) is 13.3 Å². The Morgan fingerprint density at radius 2 is 2.24 bits per heavy atom. The molecule has 1 fully saturated rings. The standard InChI is InChI=1S/C13H22N4O4/c1-2-3-5-15-7-8-10(18)11(19)12(21-8)17-6-4-9(14)16-13(17)20/h4,6,8,10-12,15,18-19H,2-3,5,7H2,1H3,(H2,14,16,20)/t8-,10-,11+,12-/m1/s1. The number of ether oxygens (including phenoxy) is 1. The minimum atomic E-state index is -1.19. The van der Waals surface area contributed by atoms with Crippen molar-refractivity contribution >= 4 is 5.82 Å². The molecule has 1 saturated heterocycles. The lowest BCUT2D eigenvalue weighted by molar-refractivity contribution is -0.0389. The average Bonchev–Trinajstić information content (AvgIpc) is 2.72. The molecule has 118 valence electrons. The van der Waals surface area contributed by atoms with Crippen LogP contribution in [-0.4, -0.2) is 51.2 Å². The molecule has 0 radical (unpaired) electrons. The maximum absolute atomic E-state index is 11.8. The molecule has 0 saturated carbocycles. The fourth-order valence-corrected chi connectivity index (χ4v) is 2.29. The molecule has 5 N–H and O–H groups in total. The van der Waals surface area contributed by atoms with Crippen molar-refractivity contribution in [3.05, 3.63) is 22.7 Å². The van der Waals surface area contributed by atoms with Crippen LogP contribution < -0.4 is 16.7 Å². The first kappa shape index (κ1) is 15.9. The molecule has 1 aromatic rings. The van der Waals surface area contributed by atoms with Crippen molar-refractivity contribution in [2.75, 3.05) is 18.8 Å². The first-order chi connectivity index (χ1) is 10.0. The molecule has 0 amide bonds. The molecule has 8 heteroatoms. The fraction of sp³-hybridized carbons (Fsp3) is 0.692. The number of aliphatic hydroxyl groups is 2. The number of nitrogens with zero attached hydrogens (tertiary/aromatic N) is 2. The van der Waals surface area contributed by atoms with Gasteiger partial charge >= 0.3 is 5.69 Å². The highest BCUT2D eigenvalue weighted by atomic mass is 16.6. The maximum Gasteiger partial charge on any atom is 0.351 e. The third-order valence-corrected chi connectivity index (χ3v) is 3.52. The van der Waals surface area contributed by atoms with Gasteiger partial charge in [0.05, 0.1) is 0 Å². The molecule has 2 heterocycles. The monoisotopic (exact) mass is 298 g/mol. The van der Waals surface area contributed by atoms with Crippen LogP contribution in [0.25, 0.3) is 0 Å². The summed E-state index contributed by atoms with van der Waals surface area (Å²) in [6.45, 7) is 3.31. The van der Waals surface area contributed by atoms with Crippen LogP contribution in [0.5, 0.6) is 0 Å². The zero-order chi connectivity index (χ0) is 15.4. The molecule has 4 atom stereocenters. The Balaban J connectivity index is 2.03. The predicted octanol–water partition coefficient (Wildman–Crippen LogP) is -1.17. The number of aliphatic hydroxyl groups excluding tert-OH is 2. The Morgan fingerprint density at radius 1 is 1.48 bits per heavy atom. The van der Waals surface area contributed by atoms with Gasteiger partial charge < -0.3 is 26.0 Å². The van der Waals surface area contributed by atoms with E-state index in [0.29, 0.717) is 6.54 Å². The fourth-order valence-electron chi connectivity index (χ4n) is 2.29. The number of hydrogen-bond donors (Lipinski definition) is 4. The summed E-state index contributed by atoms with van der Waals surface area (Å²) in [6.07, 6.45) is -0.294. The van der Waals surface area contributed by atoms with Crippen molar-refractivity contribution in [1.29, 1.82) is 0 Å². The van der Waals surface area contributed by atoms with Gasteiger partial charge in [-0.15, -0.1) is 0 Å². The molecule has 2 rings (SSSR count). The van der Waals surface area contributed by atoms with Gasteiger partial charge in [0, 0.05) is 12.7 Å². The summed E-state index contributed by atoms with van der Waals surface area (Å²) in [7, 11) is 0. The molecule has 0 aromatic carbocycles. The Labute approximate surface area is 122 Å². The van der Waals surface area contributed by atoms with Crippen molar-refractivity contribution in [3.8, 4) is 0 Å². The summed E-state index contributed by atoms with van der Waals surface area (Å²) in [5.41, 5.74) is 4.80. The highest BCUT2D eigenvalue weighted by molar-refractivity contribution is 5.23. The van der Waals surface area contributed by atoms with Gasteiger partial charge in [-0.3, -0.25) is 4.57 Å². The third-order valence-electron chi connectivity index (χ3n) is 3.52. The summed E-state index contributed by atoms with van der Waals surface area (Å²) in [5.74, 6) is 0.0991. The Hall–Kier alpha value is -1.48. The number of nitrogen functional groups attached to an aromatic ring is 1. The van der Waals surface area contributed by atoms with E-state index in [1.807, 2.05) is 0 Å². The Morgan fingerprint density at radius 3 is 2.90 bits per heavy atom. The van der Waals surface area contributed by atoms with Crippen molar-refractivity contribution in [2.45, 2.75) is 44.3 Å². The number of anilines is 1. The van der Waals surface area contributed by atoms with Crippen molar-refractivity contribution in [3.63, 3.8) is 0 Å². The molecule has 0 bridgehead atoms. The van der Waals surface area contributed by atoms with Gasteiger partial charge in [-0.2, -0.15) is 4.98 Å². The molecule has 8 nitrogen and oxygen atoms in total. The molecular formula is C13H22N4O4. The molecular weight excluding hydrogens is 276 g/mol. The summed E-state index contributed by atoms with van der Waals surface area (Å²) in [4.78, 5) is 15.4. The predicted molar refractivity (Wildman–Crippen MR) is 76.6 cm³/mol. The van der Waals surface area contributed by atoms with Gasteiger partial charge in [-0.05, 0) is 19.0 Å². The first-order valence-electron chi connectivity index (χ1n) is 7.11. The summed E-state index contributed by atoms with van der Waals surface area (Å²) < 4.78 is 6.73. The van der Waals surface area contributed by atoms with Crippen molar-refractivity contribution < 1.29 is 14.9 Å². The van der Waals surface area contributed by atoms with Crippen LogP contribution in [0, 0.1) is 0 Å². The lowest BCUT2D eigenvalue weighted by Gasteiger charge is -2.17. The lowest BCUT2D eigenvalue weighted by Crippen LogP contribution is -2.38. The number of nitrogens with one attached hydrogen (secondary N) is 1. The number of unbranched alkanes of at least 4 members (excludes halogenated alkanes) is 1. The van der Waals surface area contributed by atoms with Crippen LogP contribution in [0.1, 0.15) is 26.0 Å². The van der Waals surface area contributed by atoms with Gasteiger partial charge in [0.15, 0.2) is 6.23 Å². The van der Waals surface area contributed by atoms with E-state index >= 15 is 0 Å². The Bertz CT molecular complexity index is 521. The van der Waals surface area contributed by atoms with E-state index in [1.165, 1.54) is 12.3 Å². The molecule has 0 aliphatic carbocycles. The minimum absolute atomic E-state index is 0.0991. The molecule has 0 spiro atoms. The number of hydrogen-bond acceptors (Lipinski definition) is 7. The SMILES string of the molecule is CCCCNC[C@H]1O[C@@H](n2ccc(N)nc2=O)[C@@H](O)[C@@H]1O. The van der Waals surface area contributed by atoms with E-state index in [9.17, 15) is 15.0 Å². The molecule has 21 heavy (non-hydrogen) atoms. The van der Waals surface area contributed by atoms with Crippen molar-refractivity contribution in [1.82, 2.24) is 14.9 Å². The summed E-state index contributed by atoms with van der Waals surface area (Å²) in [6, 6.07) is 1.44. The quantitative estimate of drug-likeness (QED) is 0.488. The minimum Gasteiger partial charge on any atom is -0.387 e. The second kappa shape index (κ2) is 6.99. The summed E-state index contributed by atoms with van der Waals surface area (Å²) >= 11 is 0. The van der Waals surface area contributed by atoms with E-state index < -0.39 is 30.2 Å². The smallest absolute Gasteiger partial charge is 0.351 e. The first-order valence-corrected chi connectivity index (χ1v) is 7.11. The normalized spacial score (nSPS) is 28.9. The van der Waals surface area contributed by atoms with Gasteiger partial charge in [0.25, 0.3) is 0 Å². The second-order valence-electron chi connectivity index (χ2n) is 5.15. The van der Waals surface area contributed by atoms with E-state index in [2.05, 4.69) is 17.2 Å². The highest BCUT2D eigenvalue weighted by Crippen LogP contribution is 2.28.